The molecule has 0 aromatic heterocycles. The fourth-order valence-electron chi connectivity index (χ4n) is 3.38. The average molecular weight is 280 g/mol. The van der Waals surface area contributed by atoms with Gasteiger partial charge in [0.15, 0.2) is 11.9 Å². The van der Waals surface area contributed by atoms with Gasteiger partial charge in [0.2, 0.25) is 0 Å². The molecule has 3 N–H and O–H groups in total. The molecule has 1 aliphatic heterocycles. The summed E-state index contributed by atoms with van der Waals surface area (Å²) in [4.78, 5) is 0. The standard InChI is InChI=1S/C15H20O5/c1-13(2)14(17)11(16)9-20-12(15(13,14)18)19-8-10-6-4-3-5-7-10/h3-7,11-12,16-18H,8-9H2,1-2H3/t11-,12?,14-,15-/m0/s1. The molecular weight excluding hydrogens is 260 g/mol. The Bertz CT molecular complexity index is 502. The van der Waals surface area contributed by atoms with Crippen molar-refractivity contribution in [1.29, 1.82) is 0 Å². The maximum atomic E-state index is 10.7. The van der Waals surface area contributed by atoms with E-state index >= 15 is 0 Å². The quantitative estimate of drug-likeness (QED) is 0.748. The molecule has 2 aliphatic rings. The highest BCUT2D eigenvalue weighted by Gasteiger charge is 2.90. The zero-order chi connectivity index (χ0) is 14.6. The fraction of sp³-hybridized carbons (Fsp3) is 0.600. The Morgan fingerprint density at radius 3 is 2.50 bits per heavy atom. The molecule has 0 spiro atoms. The van der Waals surface area contributed by atoms with Crippen molar-refractivity contribution in [3.05, 3.63) is 35.9 Å². The van der Waals surface area contributed by atoms with Gasteiger partial charge in [0.1, 0.15) is 11.7 Å². The largest absolute Gasteiger partial charge is 0.388 e. The molecule has 5 nitrogen and oxygen atoms in total. The molecule has 1 aromatic rings. The number of fused-ring (bicyclic) bond motifs is 1. The van der Waals surface area contributed by atoms with Crippen LogP contribution in [0.25, 0.3) is 0 Å². The fourth-order valence-corrected chi connectivity index (χ4v) is 3.38. The normalized spacial score (nSPS) is 42.0. The summed E-state index contributed by atoms with van der Waals surface area (Å²) in [5, 5.41) is 31.1. The minimum Gasteiger partial charge on any atom is -0.388 e. The van der Waals surface area contributed by atoms with Gasteiger partial charge in [-0.15, -0.1) is 0 Å². The van der Waals surface area contributed by atoms with Crippen LogP contribution in [0.4, 0.5) is 0 Å². The maximum absolute atomic E-state index is 10.7. The summed E-state index contributed by atoms with van der Waals surface area (Å²) in [6, 6.07) is 9.53. The van der Waals surface area contributed by atoms with Gasteiger partial charge in [-0.05, 0) is 5.56 Å². The van der Waals surface area contributed by atoms with Crippen LogP contribution in [0.15, 0.2) is 30.3 Å². The molecule has 1 heterocycles. The monoisotopic (exact) mass is 280 g/mol. The second kappa shape index (κ2) is 4.26. The molecule has 20 heavy (non-hydrogen) atoms. The number of benzene rings is 1. The lowest BCUT2D eigenvalue weighted by Crippen LogP contribution is -2.53. The van der Waals surface area contributed by atoms with Crippen LogP contribution in [0.5, 0.6) is 0 Å². The van der Waals surface area contributed by atoms with Crippen molar-refractivity contribution in [3.63, 3.8) is 0 Å². The molecule has 110 valence electrons. The van der Waals surface area contributed by atoms with Crippen molar-refractivity contribution in [1.82, 2.24) is 0 Å². The van der Waals surface area contributed by atoms with Crippen molar-refractivity contribution >= 4 is 0 Å². The van der Waals surface area contributed by atoms with E-state index in [2.05, 4.69) is 0 Å². The SMILES string of the molecule is CC1(C)[C@@]2(O)C(OCc3ccccc3)OC[C@H](O)[C@]12O. The first-order valence-electron chi connectivity index (χ1n) is 6.75. The molecule has 4 atom stereocenters. The molecule has 0 bridgehead atoms. The van der Waals surface area contributed by atoms with Crippen LogP contribution in [0.2, 0.25) is 0 Å². The van der Waals surface area contributed by atoms with E-state index in [1.165, 1.54) is 0 Å². The maximum Gasteiger partial charge on any atom is 0.190 e. The highest BCUT2D eigenvalue weighted by atomic mass is 16.7. The third-order valence-electron chi connectivity index (χ3n) is 4.90. The smallest absolute Gasteiger partial charge is 0.190 e. The van der Waals surface area contributed by atoms with E-state index in [-0.39, 0.29) is 13.2 Å². The minimum absolute atomic E-state index is 0.0539. The molecule has 1 aliphatic carbocycles. The Balaban J connectivity index is 1.76. The van der Waals surface area contributed by atoms with Crippen molar-refractivity contribution in [2.75, 3.05) is 6.61 Å². The van der Waals surface area contributed by atoms with E-state index in [1.807, 2.05) is 30.3 Å². The van der Waals surface area contributed by atoms with Gasteiger partial charge < -0.3 is 24.8 Å². The minimum atomic E-state index is -1.59. The van der Waals surface area contributed by atoms with E-state index in [4.69, 9.17) is 9.47 Å². The molecule has 2 fully saturated rings. The molecule has 1 saturated heterocycles. The van der Waals surface area contributed by atoms with E-state index in [0.29, 0.717) is 0 Å². The van der Waals surface area contributed by atoms with Gasteiger partial charge >= 0.3 is 0 Å². The molecular formula is C15H20O5. The predicted octanol–water partition coefficient (Wildman–Crippen LogP) is 0.422. The Hall–Kier alpha value is -0.980. The van der Waals surface area contributed by atoms with E-state index in [9.17, 15) is 15.3 Å². The summed E-state index contributed by atoms with van der Waals surface area (Å²) in [5.74, 6) is 0. The van der Waals surface area contributed by atoms with Crippen LogP contribution >= 0.6 is 0 Å². The molecule has 3 rings (SSSR count). The number of aliphatic hydroxyl groups is 3. The second-order valence-corrected chi connectivity index (χ2v) is 6.14. The topological polar surface area (TPSA) is 79.2 Å². The first kappa shape index (κ1) is 14.0. The molecule has 1 aromatic carbocycles. The van der Waals surface area contributed by atoms with E-state index in [0.717, 1.165) is 5.56 Å². The lowest BCUT2D eigenvalue weighted by Gasteiger charge is -2.34. The third kappa shape index (κ3) is 1.50. The molecule has 0 amide bonds. The summed E-state index contributed by atoms with van der Waals surface area (Å²) in [6.07, 6.45) is -2.06. The third-order valence-corrected chi connectivity index (χ3v) is 4.90. The van der Waals surface area contributed by atoms with Gasteiger partial charge in [0, 0.05) is 5.41 Å². The Kier molecular flexibility index (Phi) is 2.97. The summed E-state index contributed by atoms with van der Waals surface area (Å²) in [6.45, 7) is 3.62. The summed E-state index contributed by atoms with van der Waals surface area (Å²) in [7, 11) is 0. The number of hydrogen-bond acceptors (Lipinski definition) is 5. The van der Waals surface area contributed by atoms with Crippen LogP contribution < -0.4 is 0 Å². The van der Waals surface area contributed by atoms with Crippen molar-refractivity contribution < 1.29 is 24.8 Å². The van der Waals surface area contributed by atoms with Crippen molar-refractivity contribution in [3.8, 4) is 0 Å². The van der Waals surface area contributed by atoms with Gasteiger partial charge in [0.25, 0.3) is 0 Å². The second-order valence-electron chi connectivity index (χ2n) is 6.14. The Morgan fingerprint density at radius 2 is 1.85 bits per heavy atom. The van der Waals surface area contributed by atoms with Crippen LogP contribution in [0, 0.1) is 5.41 Å². The van der Waals surface area contributed by atoms with Crippen LogP contribution in [0.3, 0.4) is 0 Å². The number of rotatable bonds is 3. The average Bonchev–Trinajstić information content (AvgIpc) is 2.81. The zero-order valence-electron chi connectivity index (χ0n) is 11.6. The Labute approximate surface area is 117 Å². The highest BCUT2D eigenvalue weighted by Crippen LogP contribution is 2.70. The summed E-state index contributed by atoms with van der Waals surface area (Å²) in [5.41, 5.74) is -3.10. The van der Waals surface area contributed by atoms with Crippen molar-refractivity contribution in [2.24, 2.45) is 5.41 Å². The highest BCUT2D eigenvalue weighted by molar-refractivity contribution is 5.37. The molecule has 5 heteroatoms. The summed E-state index contributed by atoms with van der Waals surface area (Å²) >= 11 is 0. The molecule has 1 saturated carbocycles. The predicted molar refractivity (Wildman–Crippen MR) is 70.7 cm³/mol. The lowest BCUT2D eigenvalue weighted by molar-refractivity contribution is -0.275. The van der Waals surface area contributed by atoms with Gasteiger partial charge in [-0.3, -0.25) is 0 Å². The first-order valence-corrected chi connectivity index (χ1v) is 6.75. The lowest BCUT2D eigenvalue weighted by atomic mass is 10.0. The Morgan fingerprint density at radius 1 is 1.20 bits per heavy atom. The summed E-state index contributed by atoms with van der Waals surface area (Å²) < 4.78 is 11.0. The van der Waals surface area contributed by atoms with Gasteiger partial charge in [-0.1, -0.05) is 44.2 Å². The van der Waals surface area contributed by atoms with E-state index < -0.39 is 29.0 Å². The molecule has 1 unspecified atom stereocenters. The van der Waals surface area contributed by atoms with Crippen LogP contribution in [0.1, 0.15) is 19.4 Å². The first-order chi connectivity index (χ1) is 9.35. The van der Waals surface area contributed by atoms with Gasteiger partial charge in [-0.25, -0.2) is 0 Å². The van der Waals surface area contributed by atoms with Crippen LogP contribution in [-0.4, -0.2) is 45.5 Å². The molecule has 0 radical (unpaired) electrons. The number of aliphatic hydroxyl groups excluding tert-OH is 1. The number of ether oxygens (including phenoxy) is 2. The van der Waals surface area contributed by atoms with E-state index in [1.54, 1.807) is 13.8 Å². The zero-order valence-corrected chi connectivity index (χ0v) is 11.6. The van der Waals surface area contributed by atoms with Crippen molar-refractivity contribution in [2.45, 2.75) is 44.1 Å². The van der Waals surface area contributed by atoms with Gasteiger partial charge in [0.05, 0.1) is 13.2 Å². The van der Waals surface area contributed by atoms with Gasteiger partial charge in [-0.2, -0.15) is 0 Å². The van der Waals surface area contributed by atoms with Crippen LogP contribution in [-0.2, 0) is 16.1 Å². The number of hydrogen-bond donors (Lipinski definition) is 3.